The average Bonchev–Trinajstić information content (AvgIpc) is 2.93. The highest BCUT2D eigenvalue weighted by atomic mass is 16.5. The third-order valence-corrected chi connectivity index (χ3v) is 5.00. The lowest BCUT2D eigenvalue weighted by Gasteiger charge is -2.38. The van der Waals surface area contributed by atoms with Gasteiger partial charge in [0.1, 0.15) is 0 Å². The van der Waals surface area contributed by atoms with Crippen LogP contribution in [0.15, 0.2) is 0 Å². The van der Waals surface area contributed by atoms with Crippen LogP contribution in [0, 0.1) is 17.3 Å². The average molecular weight is 239 g/mol. The molecule has 2 aliphatic carbocycles. The molecule has 0 radical (unpaired) electrons. The Morgan fingerprint density at radius 1 is 1.29 bits per heavy atom. The molecule has 2 fully saturated rings. The van der Waals surface area contributed by atoms with Crippen LogP contribution in [-0.2, 0) is 4.74 Å². The van der Waals surface area contributed by atoms with Crippen molar-refractivity contribution in [2.75, 3.05) is 26.3 Å². The maximum absolute atomic E-state index is 5.50. The Morgan fingerprint density at radius 3 is 2.76 bits per heavy atom. The molecule has 2 bridgehead atoms. The highest BCUT2D eigenvalue weighted by Gasteiger charge is 2.49. The Bertz CT molecular complexity index is 231. The highest BCUT2D eigenvalue weighted by molar-refractivity contribution is 5.01. The summed E-state index contributed by atoms with van der Waals surface area (Å²) in [6, 6.07) is 0. The molecule has 3 unspecified atom stereocenters. The topological polar surface area (TPSA) is 21.3 Å². The summed E-state index contributed by atoms with van der Waals surface area (Å²) in [7, 11) is 0. The Hall–Kier alpha value is -0.0800. The molecule has 0 aromatic heterocycles. The first-order chi connectivity index (χ1) is 8.30. The smallest absolute Gasteiger partial charge is 0.0466 e. The molecule has 2 nitrogen and oxygen atoms in total. The van der Waals surface area contributed by atoms with Crippen LogP contribution >= 0.6 is 0 Å². The Morgan fingerprint density at radius 2 is 2.18 bits per heavy atom. The molecular weight excluding hydrogens is 210 g/mol. The van der Waals surface area contributed by atoms with Crippen molar-refractivity contribution < 1.29 is 4.74 Å². The van der Waals surface area contributed by atoms with Crippen molar-refractivity contribution >= 4 is 0 Å². The predicted molar refractivity (Wildman–Crippen MR) is 72.2 cm³/mol. The number of hydrogen-bond acceptors (Lipinski definition) is 2. The zero-order chi connectivity index (χ0) is 12.1. The number of hydrogen-bond donors (Lipinski definition) is 1. The zero-order valence-electron chi connectivity index (χ0n) is 11.6. The van der Waals surface area contributed by atoms with E-state index in [1.54, 1.807) is 0 Å². The molecule has 0 aromatic carbocycles. The summed E-state index contributed by atoms with van der Waals surface area (Å²) in [5.41, 5.74) is 0.621. The fourth-order valence-electron chi connectivity index (χ4n) is 4.21. The molecule has 0 spiro atoms. The van der Waals surface area contributed by atoms with E-state index in [4.69, 9.17) is 4.74 Å². The summed E-state index contributed by atoms with van der Waals surface area (Å²) in [5.74, 6) is 2.05. The molecule has 0 aromatic rings. The molecule has 1 N–H and O–H groups in total. The molecule has 17 heavy (non-hydrogen) atoms. The van der Waals surface area contributed by atoms with Gasteiger partial charge in [0.15, 0.2) is 0 Å². The first-order valence-corrected chi connectivity index (χ1v) is 7.59. The molecule has 0 saturated heterocycles. The van der Waals surface area contributed by atoms with E-state index in [2.05, 4.69) is 19.2 Å². The molecule has 100 valence electrons. The summed E-state index contributed by atoms with van der Waals surface area (Å²) in [4.78, 5) is 0. The van der Waals surface area contributed by atoms with E-state index in [1.807, 2.05) is 0 Å². The van der Waals surface area contributed by atoms with Gasteiger partial charge >= 0.3 is 0 Å². The SMILES string of the molecule is CCNCC1(CCCOCC)CC2CCC1C2. The lowest BCUT2D eigenvalue weighted by Crippen LogP contribution is -2.39. The number of fused-ring (bicyclic) bond motifs is 2. The minimum atomic E-state index is 0.621. The quantitative estimate of drug-likeness (QED) is 0.657. The van der Waals surface area contributed by atoms with Crippen molar-refractivity contribution in [2.24, 2.45) is 17.3 Å². The predicted octanol–water partition coefficient (Wildman–Crippen LogP) is 3.22. The molecule has 3 atom stereocenters. The van der Waals surface area contributed by atoms with Gasteiger partial charge in [0.25, 0.3) is 0 Å². The molecule has 2 rings (SSSR count). The van der Waals surface area contributed by atoms with Crippen LogP contribution in [0.5, 0.6) is 0 Å². The van der Waals surface area contributed by atoms with Gasteiger partial charge in [-0.05, 0) is 62.8 Å². The molecule has 0 heterocycles. The molecule has 2 heteroatoms. The van der Waals surface area contributed by atoms with E-state index in [1.165, 1.54) is 45.1 Å². The van der Waals surface area contributed by atoms with E-state index in [9.17, 15) is 0 Å². The fraction of sp³-hybridized carbons (Fsp3) is 1.00. The van der Waals surface area contributed by atoms with Crippen LogP contribution in [0.2, 0.25) is 0 Å². The van der Waals surface area contributed by atoms with E-state index < -0.39 is 0 Å². The molecular formula is C15H29NO. The van der Waals surface area contributed by atoms with Gasteiger partial charge in [0.05, 0.1) is 0 Å². The summed E-state index contributed by atoms with van der Waals surface area (Å²) in [6.07, 6.45) is 8.62. The third kappa shape index (κ3) is 3.03. The second-order valence-electron chi connectivity index (χ2n) is 6.02. The maximum Gasteiger partial charge on any atom is 0.0466 e. The van der Waals surface area contributed by atoms with Crippen molar-refractivity contribution in [3.63, 3.8) is 0 Å². The fourth-order valence-corrected chi connectivity index (χ4v) is 4.21. The van der Waals surface area contributed by atoms with Gasteiger partial charge in [-0.25, -0.2) is 0 Å². The summed E-state index contributed by atoms with van der Waals surface area (Å²) >= 11 is 0. The summed E-state index contributed by atoms with van der Waals surface area (Å²) in [6.45, 7) is 8.50. The molecule has 2 aliphatic rings. The Balaban J connectivity index is 1.84. The van der Waals surface area contributed by atoms with Gasteiger partial charge in [0.2, 0.25) is 0 Å². The van der Waals surface area contributed by atoms with Gasteiger partial charge in [-0.1, -0.05) is 13.3 Å². The lowest BCUT2D eigenvalue weighted by atomic mass is 9.70. The normalized spacial score (nSPS) is 35.6. The van der Waals surface area contributed by atoms with Crippen LogP contribution in [0.3, 0.4) is 0 Å². The van der Waals surface area contributed by atoms with E-state index >= 15 is 0 Å². The van der Waals surface area contributed by atoms with Crippen molar-refractivity contribution in [1.82, 2.24) is 5.32 Å². The first-order valence-electron chi connectivity index (χ1n) is 7.59. The molecule has 0 aliphatic heterocycles. The minimum Gasteiger partial charge on any atom is -0.382 e. The van der Waals surface area contributed by atoms with E-state index in [0.29, 0.717) is 5.41 Å². The molecule has 0 amide bonds. The van der Waals surface area contributed by atoms with Crippen LogP contribution in [0.1, 0.15) is 52.4 Å². The number of ether oxygens (including phenoxy) is 1. The third-order valence-electron chi connectivity index (χ3n) is 5.00. The second kappa shape index (κ2) is 6.19. The van der Waals surface area contributed by atoms with E-state index in [-0.39, 0.29) is 0 Å². The van der Waals surface area contributed by atoms with Gasteiger partial charge in [-0.3, -0.25) is 0 Å². The van der Waals surface area contributed by atoms with Crippen LogP contribution < -0.4 is 5.32 Å². The first kappa shape index (κ1) is 13.4. The monoisotopic (exact) mass is 239 g/mol. The number of nitrogens with one attached hydrogen (secondary N) is 1. The maximum atomic E-state index is 5.50. The van der Waals surface area contributed by atoms with Crippen molar-refractivity contribution in [3.05, 3.63) is 0 Å². The van der Waals surface area contributed by atoms with Gasteiger partial charge in [-0.15, -0.1) is 0 Å². The minimum absolute atomic E-state index is 0.621. The summed E-state index contributed by atoms with van der Waals surface area (Å²) < 4.78 is 5.50. The molecule has 2 saturated carbocycles. The highest BCUT2D eigenvalue weighted by Crippen LogP contribution is 2.57. The van der Waals surface area contributed by atoms with Crippen LogP contribution in [-0.4, -0.2) is 26.3 Å². The summed E-state index contributed by atoms with van der Waals surface area (Å²) in [5, 5.41) is 3.62. The van der Waals surface area contributed by atoms with E-state index in [0.717, 1.165) is 31.6 Å². The van der Waals surface area contributed by atoms with Gasteiger partial charge in [0, 0.05) is 19.8 Å². The Labute approximate surface area is 107 Å². The van der Waals surface area contributed by atoms with Crippen LogP contribution in [0.25, 0.3) is 0 Å². The van der Waals surface area contributed by atoms with Crippen molar-refractivity contribution in [2.45, 2.75) is 52.4 Å². The zero-order valence-corrected chi connectivity index (χ0v) is 11.6. The van der Waals surface area contributed by atoms with Crippen LogP contribution in [0.4, 0.5) is 0 Å². The number of rotatable bonds is 8. The Kier molecular flexibility index (Phi) is 4.87. The second-order valence-corrected chi connectivity index (χ2v) is 6.02. The van der Waals surface area contributed by atoms with Crippen molar-refractivity contribution in [3.8, 4) is 0 Å². The largest absolute Gasteiger partial charge is 0.382 e. The standard InChI is InChI=1S/C15H29NO/c1-3-16-12-15(8-5-9-17-4-2)11-13-6-7-14(15)10-13/h13-14,16H,3-12H2,1-2H3. The van der Waals surface area contributed by atoms with Gasteiger partial charge < -0.3 is 10.1 Å². The van der Waals surface area contributed by atoms with Gasteiger partial charge in [-0.2, -0.15) is 0 Å². The lowest BCUT2D eigenvalue weighted by molar-refractivity contribution is 0.0992. The van der Waals surface area contributed by atoms with Crippen molar-refractivity contribution in [1.29, 1.82) is 0 Å².